The molecule has 0 bridgehead atoms. The molecule has 2 atom stereocenters. The molecule has 4 rings (SSSR count). The third-order valence-electron chi connectivity index (χ3n) is 5.54. The Hall–Kier alpha value is -1.08. The topological polar surface area (TPSA) is 44.7 Å². The highest BCUT2D eigenvalue weighted by molar-refractivity contribution is 7.99. The van der Waals surface area contributed by atoms with Crippen LogP contribution in [-0.2, 0) is 11.2 Å². The lowest BCUT2D eigenvalue weighted by Gasteiger charge is -2.36. The molecule has 0 aliphatic carbocycles. The van der Waals surface area contributed by atoms with Crippen LogP contribution in [0.15, 0.2) is 52.3 Å². The van der Waals surface area contributed by atoms with Crippen molar-refractivity contribution >= 4 is 23.4 Å². The number of halogens is 1. The number of hydrogen-bond acceptors (Lipinski definition) is 5. The Balaban J connectivity index is 1.47. The van der Waals surface area contributed by atoms with Crippen LogP contribution in [0.2, 0.25) is 5.02 Å². The van der Waals surface area contributed by atoms with E-state index in [0.717, 1.165) is 44.0 Å². The number of piperazine rings is 1. The Kier molecular flexibility index (Phi) is 6.94. The average Bonchev–Trinajstić information content (AvgIpc) is 2.86. The molecule has 2 N–H and O–H groups in total. The Bertz CT molecular complexity index is 802. The second-order valence-corrected chi connectivity index (χ2v) is 8.88. The van der Waals surface area contributed by atoms with E-state index in [1.807, 2.05) is 6.07 Å². The summed E-state index contributed by atoms with van der Waals surface area (Å²) in [6.45, 7) is 4.58. The summed E-state index contributed by atoms with van der Waals surface area (Å²) in [5, 5.41) is 13.5. The normalized spacial score (nSPS) is 22.4. The number of aliphatic hydroxyl groups excluding tert-OH is 1. The lowest BCUT2D eigenvalue weighted by molar-refractivity contribution is 0.0275. The summed E-state index contributed by atoms with van der Waals surface area (Å²) >= 11 is 8.06. The average molecular weight is 419 g/mol. The number of rotatable bonds is 6. The van der Waals surface area contributed by atoms with Crippen LogP contribution in [-0.4, -0.2) is 55.4 Å². The first-order valence-electron chi connectivity index (χ1n) is 9.97. The predicted octanol–water partition coefficient (Wildman–Crippen LogP) is 3.76. The van der Waals surface area contributed by atoms with Gasteiger partial charge in [-0.05, 0) is 41.8 Å². The Morgan fingerprint density at radius 3 is 3.00 bits per heavy atom. The van der Waals surface area contributed by atoms with Crippen molar-refractivity contribution in [3.63, 3.8) is 0 Å². The smallest absolute Gasteiger partial charge is 0.0876 e. The van der Waals surface area contributed by atoms with E-state index in [-0.39, 0.29) is 12.7 Å². The highest BCUT2D eigenvalue weighted by atomic mass is 35.5. The number of fused-ring (bicyclic) bond motifs is 2. The fourth-order valence-electron chi connectivity index (χ4n) is 4.08. The van der Waals surface area contributed by atoms with E-state index in [9.17, 15) is 5.11 Å². The lowest BCUT2D eigenvalue weighted by atomic mass is 10.0. The van der Waals surface area contributed by atoms with Gasteiger partial charge in [0, 0.05) is 60.1 Å². The molecule has 150 valence electrons. The molecule has 2 heterocycles. The zero-order valence-electron chi connectivity index (χ0n) is 15.9. The monoisotopic (exact) mass is 418 g/mol. The molecule has 1 saturated heterocycles. The fraction of sp³-hybridized carbons (Fsp3) is 0.455. The number of β-amino-alcohol motifs (C(OH)–C–C–N with tert-alkyl or cyclic N) is 1. The first-order chi connectivity index (χ1) is 13.7. The van der Waals surface area contributed by atoms with Gasteiger partial charge in [-0.15, -0.1) is 0 Å². The van der Waals surface area contributed by atoms with Gasteiger partial charge < -0.3 is 15.2 Å². The fourth-order valence-corrected chi connectivity index (χ4v) is 5.39. The largest absolute Gasteiger partial charge is 0.395 e. The van der Waals surface area contributed by atoms with Crippen LogP contribution >= 0.6 is 23.4 Å². The minimum atomic E-state index is 0.0336. The van der Waals surface area contributed by atoms with Crippen molar-refractivity contribution in [3.8, 4) is 0 Å². The van der Waals surface area contributed by atoms with Crippen LogP contribution < -0.4 is 5.32 Å². The number of ether oxygens (including phenoxy) is 1. The van der Waals surface area contributed by atoms with Gasteiger partial charge in [0.1, 0.15) is 0 Å². The van der Waals surface area contributed by atoms with E-state index in [1.54, 1.807) is 11.8 Å². The van der Waals surface area contributed by atoms with Crippen LogP contribution in [0.3, 0.4) is 0 Å². The van der Waals surface area contributed by atoms with Gasteiger partial charge in [-0.1, -0.05) is 41.6 Å². The molecular weight excluding hydrogens is 392 g/mol. The molecule has 0 amide bonds. The highest BCUT2D eigenvalue weighted by Gasteiger charge is 2.25. The Labute approximate surface area is 176 Å². The minimum Gasteiger partial charge on any atom is -0.395 e. The standard InChI is InChI=1S/C22H27ClN2O2S/c23-17-5-6-21-16(13-17)14-20(19-3-1-2-4-22(19)28-21)27-12-7-18-15-24-8-9-25(18)10-11-26/h1-6,13,18,20,24,26H,7-12,14-15H2. The maximum Gasteiger partial charge on any atom is 0.0876 e. The van der Waals surface area contributed by atoms with E-state index in [1.165, 1.54) is 20.9 Å². The first kappa shape index (κ1) is 20.2. The number of nitrogens with one attached hydrogen (secondary N) is 1. The lowest BCUT2D eigenvalue weighted by Crippen LogP contribution is -2.52. The van der Waals surface area contributed by atoms with Crippen molar-refractivity contribution in [1.82, 2.24) is 10.2 Å². The van der Waals surface area contributed by atoms with Gasteiger partial charge in [-0.3, -0.25) is 4.90 Å². The molecule has 2 unspecified atom stereocenters. The van der Waals surface area contributed by atoms with Crippen molar-refractivity contribution in [3.05, 3.63) is 58.6 Å². The molecular formula is C22H27ClN2O2S. The zero-order valence-corrected chi connectivity index (χ0v) is 17.5. The predicted molar refractivity (Wildman–Crippen MR) is 114 cm³/mol. The Morgan fingerprint density at radius 2 is 2.11 bits per heavy atom. The molecule has 2 aromatic rings. The molecule has 0 saturated carbocycles. The molecule has 2 aromatic carbocycles. The minimum absolute atomic E-state index is 0.0336. The molecule has 2 aliphatic rings. The molecule has 6 heteroatoms. The van der Waals surface area contributed by atoms with E-state index in [0.29, 0.717) is 12.6 Å². The van der Waals surface area contributed by atoms with E-state index in [4.69, 9.17) is 16.3 Å². The summed E-state index contributed by atoms with van der Waals surface area (Å²) in [6, 6.07) is 15.1. The molecule has 28 heavy (non-hydrogen) atoms. The summed E-state index contributed by atoms with van der Waals surface area (Å²) in [6.07, 6.45) is 1.83. The maximum atomic E-state index is 9.32. The SMILES string of the molecule is OCCN1CCNCC1CCOC1Cc2cc(Cl)ccc2Sc2ccccc21. The maximum absolute atomic E-state index is 9.32. The van der Waals surface area contributed by atoms with Crippen LogP contribution in [0.4, 0.5) is 0 Å². The van der Waals surface area contributed by atoms with Gasteiger partial charge in [0.15, 0.2) is 0 Å². The van der Waals surface area contributed by atoms with Gasteiger partial charge >= 0.3 is 0 Å². The number of aliphatic hydroxyl groups is 1. The van der Waals surface area contributed by atoms with Crippen molar-refractivity contribution in [2.75, 3.05) is 39.4 Å². The van der Waals surface area contributed by atoms with Gasteiger partial charge in [0.05, 0.1) is 12.7 Å². The Morgan fingerprint density at radius 1 is 1.21 bits per heavy atom. The highest BCUT2D eigenvalue weighted by Crippen LogP contribution is 2.42. The van der Waals surface area contributed by atoms with Crippen molar-refractivity contribution in [1.29, 1.82) is 0 Å². The van der Waals surface area contributed by atoms with Gasteiger partial charge in [-0.25, -0.2) is 0 Å². The van der Waals surface area contributed by atoms with Gasteiger partial charge in [0.2, 0.25) is 0 Å². The summed E-state index contributed by atoms with van der Waals surface area (Å²) < 4.78 is 6.44. The number of nitrogens with zero attached hydrogens (tertiary/aromatic N) is 1. The number of hydrogen-bond donors (Lipinski definition) is 2. The van der Waals surface area contributed by atoms with Crippen LogP contribution in [0, 0.1) is 0 Å². The zero-order chi connectivity index (χ0) is 19.3. The van der Waals surface area contributed by atoms with Crippen LogP contribution in [0.5, 0.6) is 0 Å². The second kappa shape index (κ2) is 9.61. The summed E-state index contributed by atoms with van der Waals surface area (Å²) in [7, 11) is 0. The molecule has 2 aliphatic heterocycles. The molecule has 1 fully saturated rings. The van der Waals surface area contributed by atoms with Crippen LogP contribution in [0.1, 0.15) is 23.7 Å². The van der Waals surface area contributed by atoms with Gasteiger partial charge in [0.25, 0.3) is 0 Å². The van der Waals surface area contributed by atoms with E-state index >= 15 is 0 Å². The molecule has 0 spiro atoms. The van der Waals surface area contributed by atoms with E-state index in [2.05, 4.69) is 46.6 Å². The summed E-state index contributed by atoms with van der Waals surface area (Å²) in [4.78, 5) is 4.88. The van der Waals surface area contributed by atoms with Crippen molar-refractivity contribution in [2.45, 2.75) is 34.8 Å². The molecule has 0 aromatic heterocycles. The molecule has 4 nitrogen and oxygen atoms in total. The van der Waals surface area contributed by atoms with E-state index < -0.39 is 0 Å². The summed E-state index contributed by atoms with van der Waals surface area (Å²) in [5.74, 6) is 0. The van der Waals surface area contributed by atoms with Gasteiger partial charge in [-0.2, -0.15) is 0 Å². The quantitative estimate of drug-likeness (QED) is 0.747. The van der Waals surface area contributed by atoms with Crippen LogP contribution in [0.25, 0.3) is 0 Å². The third kappa shape index (κ3) is 4.73. The first-order valence-corrected chi connectivity index (χ1v) is 11.2. The second-order valence-electron chi connectivity index (χ2n) is 7.36. The molecule has 0 radical (unpaired) electrons. The third-order valence-corrected chi connectivity index (χ3v) is 6.99. The van der Waals surface area contributed by atoms with Crippen molar-refractivity contribution in [2.24, 2.45) is 0 Å². The summed E-state index contributed by atoms with van der Waals surface area (Å²) in [5.41, 5.74) is 2.51. The number of benzene rings is 2. The van der Waals surface area contributed by atoms with Crippen molar-refractivity contribution < 1.29 is 9.84 Å².